The summed E-state index contributed by atoms with van der Waals surface area (Å²) in [7, 11) is 1.88. The van der Waals surface area contributed by atoms with E-state index in [9.17, 15) is 4.79 Å². The van der Waals surface area contributed by atoms with Gasteiger partial charge in [-0.05, 0) is 25.0 Å². The summed E-state index contributed by atoms with van der Waals surface area (Å²) >= 11 is 7.68. The van der Waals surface area contributed by atoms with Gasteiger partial charge in [0.25, 0.3) is 0 Å². The van der Waals surface area contributed by atoms with Gasteiger partial charge in [-0.25, -0.2) is 0 Å². The van der Waals surface area contributed by atoms with Crippen molar-refractivity contribution >= 4 is 35.0 Å². The molecule has 1 aromatic heterocycles. The number of anilines is 1. The second kappa shape index (κ2) is 6.07. The fraction of sp³-hybridized carbons (Fsp3) is 0.357. The minimum atomic E-state index is -0.141. The van der Waals surface area contributed by atoms with Crippen molar-refractivity contribution in [2.45, 2.75) is 23.2 Å². The molecule has 1 aliphatic heterocycles. The van der Waals surface area contributed by atoms with Crippen LogP contribution in [-0.2, 0) is 11.8 Å². The maximum Gasteiger partial charge on any atom is 0.240 e. The Morgan fingerprint density at radius 2 is 2.19 bits per heavy atom. The Morgan fingerprint density at radius 1 is 1.38 bits per heavy atom. The van der Waals surface area contributed by atoms with Gasteiger partial charge in [-0.1, -0.05) is 35.5 Å². The lowest BCUT2D eigenvalue weighted by molar-refractivity contribution is -0.119. The highest BCUT2D eigenvalue weighted by Crippen LogP contribution is 2.33. The van der Waals surface area contributed by atoms with Gasteiger partial charge >= 0.3 is 0 Å². The number of piperidine rings is 1. The topological polar surface area (TPSA) is 51.0 Å². The molecule has 0 unspecified atom stereocenters. The minimum absolute atomic E-state index is 0.0855. The van der Waals surface area contributed by atoms with Crippen LogP contribution in [0, 0.1) is 0 Å². The second-order valence-electron chi connectivity index (χ2n) is 4.91. The molecule has 1 atom stereocenters. The molecule has 1 aliphatic rings. The lowest BCUT2D eigenvalue weighted by Gasteiger charge is -2.32. The van der Waals surface area contributed by atoms with E-state index in [-0.39, 0.29) is 11.2 Å². The van der Waals surface area contributed by atoms with Crippen LogP contribution in [0.3, 0.4) is 0 Å². The van der Waals surface area contributed by atoms with Crippen molar-refractivity contribution in [3.63, 3.8) is 0 Å². The number of hydrogen-bond acceptors (Lipinski definition) is 4. The Hall–Kier alpha value is -1.53. The van der Waals surface area contributed by atoms with E-state index >= 15 is 0 Å². The van der Waals surface area contributed by atoms with Crippen LogP contribution in [0.25, 0.3) is 0 Å². The van der Waals surface area contributed by atoms with Gasteiger partial charge in [0, 0.05) is 13.6 Å². The SMILES string of the molecule is Cn1cnnc1S[C@@H]1CCCN(c2ccccc2Cl)C1=O. The molecule has 0 saturated carbocycles. The Morgan fingerprint density at radius 3 is 2.90 bits per heavy atom. The predicted molar refractivity (Wildman–Crippen MR) is 83.7 cm³/mol. The van der Waals surface area contributed by atoms with Crippen LogP contribution in [0.1, 0.15) is 12.8 Å². The monoisotopic (exact) mass is 322 g/mol. The smallest absolute Gasteiger partial charge is 0.240 e. The maximum atomic E-state index is 12.7. The summed E-state index contributed by atoms with van der Waals surface area (Å²) in [6.45, 7) is 0.707. The number of thioether (sulfide) groups is 1. The number of nitrogens with zero attached hydrogens (tertiary/aromatic N) is 4. The van der Waals surface area contributed by atoms with Gasteiger partial charge in [-0.15, -0.1) is 10.2 Å². The van der Waals surface area contributed by atoms with Crippen molar-refractivity contribution < 1.29 is 4.79 Å². The van der Waals surface area contributed by atoms with E-state index in [1.807, 2.05) is 35.9 Å². The molecule has 2 heterocycles. The van der Waals surface area contributed by atoms with E-state index in [1.54, 1.807) is 11.2 Å². The summed E-state index contributed by atoms with van der Waals surface area (Å²) in [5.41, 5.74) is 0.785. The van der Waals surface area contributed by atoms with E-state index in [0.29, 0.717) is 11.6 Å². The number of aromatic nitrogens is 3. The first-order valence-corrected chi connectivity index (χ1v) is 7.99. The number of para-hydroxylation sites is 1. The number of carbonyl (C=O) groups excluding carboxylic acids is 1. The number of aryl methyl sites for hydroxylation is 1. The molecule has 0 radical (unpaired) electrons. The van der Waals surface area contributed by atoms with Gasteiger partial charge in [-0.2, -0.15) is 0 Å². The molecular weight excluding hydrogens is 308 g/mol. The Labute approximate surface area is 132 Å². The first-order chi connectivity index (χ1) is 10.2. The molecule has 0 bridgehead atoms. The predicted octanol–water partition coefficient (Wildman–Crippen LogP) is 2.76. The van der Waals surface area contributed by atoms with E-state index < -0.39 is 0 Å². The molecule has 0 spiro atoms. The number of halogens is 1. The molecule has 1 fully saturated rings. The molecular formula is C14H15ClN4OS. The van der Waals surface area contributed by atoms with Gasteiger partial charge < -0.3 is 9.47 Å². The summed E-state index contributed by atoms with van der Waals surface area (Å²) in [5.74, 6) is 0.0855. The summed E-state index contributed by atoms with van der Waals surface area (Å²) < 4.78 is 1.83. The summed E-state index contributed by atoms with van der Waals surface area (Å²) in [6.07, 6.45) is 3.44. The normalized spacial score (nSPS) is 19.0. The molecule has 1 saturated heterocycles. The van der Waals surface area contributed by atoms with Crippen molar-refractivity contribution in [2.24, 2.45) is 7.05 Å². The molecule has 2 aromatic rings. The molecule has 0 aliphatic carbocycles. The highest BCUT2D eigenvalue weighted by Gasteiger charge is 2.32. The van der Waals surface area contributed by atoms with Crippen LogP contribution in [0.15, 0.2) is 35.7 Å². The molecule has 1 aromatic carbocycles. The number of hydrogen-bond donors (Lipinski definition) is 0. The van der Waals surface area contributed by atoms with Crippen molar-refractivity contribution in [3.05, 3.63) is 35.6 Å². The van der Waals surface area contributed by atoms with Crippen molar-refractivity contribution in [1.82, 2.24) is 14.8 Å². The number of benzene rings is 1. The molecule has 3 rings (SSSR count). The van der Waals surface area contributed by atoms with E-state index in [0.717, 1.165) is 23.7 Å². The Bertz CT molecular complexity index is 660. The van der Waals surface area contributed by atoms with E-state index in [4.69, 9.17) is 11.6 Å². The van der Waals surface area contributed by atoms with Crippen LogP contribution in [-0.4, -0.2) is 32.5 Å². The highest BCUT2D eigenvalue weighted by atomic mass is 35.5. The minimum Gasteiger partial charge on any atom is -0.312 e. The molecule has 110 valence electrons. The van der Waals surface area contributed by atoms with Gasteiger partial charge in [0.1, 0.15) is 6.33 Å². The lowest BCUT2D eigenvalue weighted by Crippen LogP contribution is -2.43. The van der Waals surface area contributed by atoms with E-state index in [1.165, 1.54) is 11.8 Å². The zero-order valence-corrected chi connectivity index (χ0v) is 13.1. The first kappa shape index (κ1) is 14.4. The summed E-state index contributed by atoms with van der Waals surface area (Å²) in [6, 6.07) is 7.46. The zero-order valence-electron chi connectivity index (χ0n) is 11.6. The van der Waals surface area contributed by atoms with Crippen molar-refractivity contribution in [2.75, 3.05) is 11.4 Å². The summed E-state index contributed by atoms with van der Waals surface area (Å²) in [4.78, 5) is 14.5. The van der Waals surface area contributed by atoms with Gasteiger partial charge in [0.15, 0.2) is 5.16 Å². The Balaban J connectivity index is 1.81. The highest BCUT2D eigenvalue weighted by molar-refractivity contribution is 8.00. The molecule has 21 heavy (non-hydrogen) atoms. The molecule has 0 N–H and O–H groups in total. The zero-order chi connectivity index (χ0) is 14.8. The molecule has 5 nitrogen and oxygen atoms in total. The number of amides is 1. The number of carbonyl (C=O) groups is 1. The third-order valence-electron chi connectivity index (χ3n) is 3.45. The van der Waals surface area contributed by atoms with Crippen LogP contribution in [0.4, 0.5) is 5.69 Å². The first-order valence-electron chi connectivity index (χ1n) is 6.73. The van der Waals surface area contributed by atoms with Crippen LogP contribution < -0.4 is 4.90 Å². The van der Waals surface area contributed by atoms with E-state index in [2.05, 4.69) is 10.2 Å². The molecule has 1 amide bonds. The average molecular weight is 323 g/mol. The van der Waals surface area contributed by atoms with Crippen LogP contribution >= 0.6 is 23.4 Å². The van der Waals surface area contributed by atoms with Gasteiger partial charge in [0.2, 0.25) is 5.91 Å². The van der Waals surface area contributed by atoms with Crippen molar-refractivity contribution in [3.8, 4) is 0 Å². The van der Waals surface area contributed by atoms with Gasteiger partial charge in [0.05, 0.1) is 16.0 Å². The number of rotatable bonds is 3. The third-order valence-corrected chi connectivity index (χ3v) is 5.07. The second-order valence-corrected chi connectivity index (χ2v) is 6.49. The van der Waals surface area contributed by atoms with Crippen LogP contribution in [0.5, 0.6) is 0 Å². The van der Waals surface area contributed by atoms with Crippen molar-refractivity contribution in [1.29, 1.82) is 0 Å². The largest absolute Gasteiger partial charge is 0.312 e. The third kappa shape index (κ3) is 2.91. The maximum absolute atomic E-state index is 12.7. The van der Waals surface area contributed by atoms with Gasteiger partial charge in [-0.3, -0.25) is 4.79 Å². The van der Waals surface area contributed by atoms with Crippen LogP contribution in [0.2, 0.25) is 5.02 Å². The Kier molecular flexibility index (Phi) is 4.17. The fourth-order valence-corrected chi connectivity index (χ4v) is 3.68. The average Bonchev–Trinajstić information content (AvgIpc) is 2.88. The standard InChI is InChI=1S/C14H15ClN4OS/c1-18-9-16-17-14(18)21-12-7-4-8-19(13(12)20)11-6-3-2-5-10(11)15/h2-3,5-6,9,12H,4,7-8H2,1H3/t12-/m1/s1. The molecule has 7 heteroatoms. The summed E-state index contributed by atoms with van der Waals surface area (Å²) in [5, 5.41) is 9.11. The quantitative estimate of drug-likeness (QED) is 0.872. The lowest BCUT2D eigenvalue weighted by atomic mass is 10.1. The fourth-order valence-electron chi connectivity index (χ4n) is 2.37.